The average Bonchev–Trinajstić information content (AvgIpc) is 2.72. The van der Waals surface area contributed by atoms with Crippen LogP contribution in [0.15, 0.2) is 60.8 Å². The zero-order valence-corrected chi connectivity index (χ0v) is 19.4. The van der Waals surface area contributed by atoms with E-state index in [9.17, 15) is 4.79 Å². The van der Waals surface area contributed by atoms with Crippen LogP contribution in [0, 0.1) is 0 Å². The minimum absolute atomic E-state index is 0.280. The minimum atomic E-state index is -0.497. The Kier molecular flexibility index (Phi) is 21.6. The van der Waals surface area contributed by atoms with Gasteiger partial charge in [0, 0.05) is 7.11 Å². The molecule has 0 radical (unpaired) electrons. The van der Waals surface area contributed by atoms with Gasteiger partial charge in [-0.05, 0) is 64.0 Å². The number of methoxy groups -OCH3 is 1. The number of ether oxygens (including phenoxy) is 2. The van der Waals surface area contributed by atoms with Crippen molar-refractivity contribution < 1.29 is 14.3 Å². The Morgan fingerprint density at radius 1 is 0.793 bits per heavy atom. The van der Waals surface area contributed by atoms with Crippen LogP contribution in [0.5, 0.6) is 0 Å². The monoisotopic (exact) mass is 420 g/mol. The lowest BCUT2D eigenvalue weighted by molar-refractivity contribution is -0.149. The van der Waals surface area contributed by atoms with E-state index in [0.29, 0.717) is 6.61 Å². The molecule has 0 aromatic carbocycles. The molecule has 0 rings (SSSR count). The van der Waals surface area contributed by atoms with Crippen molar-refractivity contribution in [1.82, 2.24) is 0 Å². The molecule has 4 heteroatoms. The van der Waals surface area contributed by atoms with E-state index in [0.717, 1.165) is 57.1 Å². The topological polar surface area (TPSA) is 35.5 Å². The maximum absolute atomic E-state index is 11.6. The van der Waals surface area contributed by atoms with E-state index in [-0.39, 0.29) is 5.97 Å². The summed E-state index contributed by atoms with van der Waals surface area (Å²) in [5.41, 5.74) is -0.497. The second-order valence-corrected chi connectivity index (χ2v) is 7.56. The third-order valence-corrected chi connectivity index (χ3v) is 5.10. The summed E-state index contributed by atoms with van der Waals surface area (Å²) in [6.07, 6.45) is 30.6. The fourth-order valence-electron chi connectivity index (χ4n) is 2.37. The molecule has 29 heavy (non-hydrogen) atoms. The van der Waals surface area contributed by atoms with Gasteiger partial charge in [-0.2, -0.15) is 0 Å². The number of allylic oxidation sites excluding steroid dienone is 10. The van der Waals surface area contributed by atoms with Gasteiger partial charge in [0.1, 0.15) is 0 Å². The zero-order valence-electron chi connectivity index (χ0n) is 18.6. The average molecular weight is 421 g/mol. The van der Waals surface area contributed by atoms with Crippen LogP contribution >= 0.6 is 11.8 Å². The lowest BCUT2D eigenvalue weighted by atomic mass is 10.2. The van der Waals surface area contributed by atoms with E-state index in [2.05, 4.69) is 67.7 Å². The van der Waals surface area contributed by atoms with Crippen LogP contribution in [-0.4, -0.2) is 30.9 Å². The van der Waals surface area contributed by atoms with Gasteiger partial charge in [-0.3, -0.25) is 0 Å². The highest BCUT2D eigenvalue weighted by molar-refractivity contribution is 8.00. The highest BCUT2D eigenvalue weighted by atomic mass is 32.2. The van der Waals surface area contributed by atoms with Crippen molar-refractivity contribution in [3.8, 4) is 0 Å². The number of rotatable bonds is 18. The van der Waals surface area contributed by atoms with Crippen LogP contribution in [-0.2, 0) is 14.3 Å². The van der Waals surface area contributed by atoms with Gasteiger partial charge in [-0.1, -0.05) is 67.7 Å². The third kappa shape index (κ3) is 19.6. The summed E-state index contributed by atoms with van der Waals surface area (Å²) in [7, 11) is 1.55. The van der Waals surface area contributed by atoms with Gasteiger partial charge in [-0.25, -0.2) is 4.79 Å². The maximum Gasteiger partial charge on any atom is 0.345 e. The Hall–Kier alpha value is -1.52. The molecule has 0 aliphatic rings. The molecule has 3 nitrogen and oxygen atoms in total. The molecule has 0 aromatic heterocycles. The van der Waals surface area contributed by atoms with Crippen LogP contribution < -0.4 is 0 Å². The number of hydrogen-bond acceptors (Lipinski definition) is 4. The first-order chi connectivity index (χ1) is 14.3. The Balaban J connectivity index is 3.58. The molecule has 0 aromatic rings. The van der Waals surface area contributed by atoms with E-state index < -0.39 is 5.44 Å². The molecule has 0 bridgehead atoms. The van der Waals surface area contributed by atoms with Crippen LogP contribution in [0.2, 0.25) is 0 Å². The first-order valence-corrected chi connectivity index (χ1v) is 11.9. The summed E-state index contributed by atoms with van der Waals surface area (Å²) in [5.74, 6) is 0.625. The van der Waals surface area contributed by atoms with E-state index >= 15 is 0 Å². The van der Waals surface area contributed by atoms with E-state index in [1.165, 1.54) is 11.8 Å². The molecule has 0 fully saturated rings. The lowest BCUT2D eigenvalue weighted by Gasteiger charge is -2.12. The van der Waals surface area contributed by atoms with Crippen molar-refractivity contribution in [2.45, 2.75) is 70.7 Å². The molecule has 0 saturated heterocycles. The quantitative estimate of drug-likeness (QED) is 0.102. The molecule has 0 amide bonds. The second kappa shape index (κ2) is 22.8. The van der Waals surface area contributed by atoms with Gasteiger partial charge >= 0.3 is 5.97 Å². The fraction of sp³-hybridized carbons (Fsp3) is 0.560. The van der Waals surface area contributed by atoms with Crippen molar-refractivity contribution in [2.24, 2.45) is 0 Å². The molecule has 0 aliphatic heterocycles. The van der Waals surface area contributed by atoms with Crippen LogP contribution in [0.4, 0.5) is 0 Å². The van der Waals surface area contributed by atoms with Crippen molar-refractivity contribution in [2.75, 3.05) is 19.5 Å². The molecule has 0 spiro atoms. The second-order valence-electron chi connectivity index (χ2n) is 6.39. The summed E-state index contributed by atoms with van der Waals surface area (Å²) in [5, 5.41) is 0. The van der Waals surface area contributed by atoms with Crippen molar-refractivity contribution in [1.29, 1.82) is 0 Å². The summed E-state index contributed by atoms with van der Waals surface area (Å²) in [6.45, 7) is 4.35. The first-order valence-electron chi connectivity index (χ1n) is 10.8. The zero-order chi connectivity index (χ0) is 21.4. The number of esters is 1. The summed E-state index contributed by atoms with van der Waals surface area (Å²) in [6, 6.07) is 0. The van der Waals surface area contributed by atoms with Crippen LogP contribution in [0.25, 0.3) is 0 Å². The first kappa shape index (κ1) is 27.5. The van der Waals surface area contributed by atoms with E-state index in [4.69, 9.17) is 9.47 Å². The summed E-state index contributed by atoms with van der Waals surface area (Å²) < 4.78 is 10.1. The predicted octanol–water partition coefficient (Wildman–Crippen LogP) is 7.18. The number of unbranched alkanes of at least 4 members (excludes halogenated alkanes) is 2. The summed E-state index contributed by atoms with van der Waals surface area (Å²) >= 11 is 1.51. The molecule has 0 aliphatic carbocycles. The van der Waals surface area contributed by atoms with Crippen LogP contribution in [0.1, 0.15) is 65.2 Å². The SMILES string of the molecule is CC/C=C\C/C=C\C/C=C\C/C=C\C/C=C\CCCCSC(OC)C(=O)OCC. The maximum atomic E-state index is 11.6. The van der Waals surface area contributed by atoms with Gasteiger partial charge in [0.05, 0.1) is 6.61 Å². The molecular formula is C25H40O3S. The number of hydrogen-bond donors (Lipinski definition) is 0. The lowest BCUT2D eigenvalue weighted by Crippen LogP contribution is -2.22. The predicted molar refractivity (Wildman–Crippen MR) is 128 cm³/mol. The van der Waals surface area contributed by atoms with Gasteiger partial charge in [0.2, 0.25) is 0 Å². The number of carbonyl (C=O) groups excluding carboxylic acids is 1. The van der Waals surface area contributed by atoms with Gasteiger partial charge in [-0.15, -0.1) is 11.8 Å². The Morgan fingerprint density at radius 3 is 1.79 bits per heavy atom. The molecule has 1 atom stereocenters. The molecule has 1 unspecified atom stereocenters. The largest absolute Gasteiger partial charge is 0.463 e. The standard InChI is InChI=1S/C25H40O3S/c1-4-6-7-8-9-10-11-12-13-14-15-16-17-18-19-20-21-22-23-29-25(27-3)24(26)28-5-2/h6-7,9-10,12-13,15-16,18-19,25H,4-5,8,11,14,17,20-23H2,1-3H3/b7-6-,10-9-,13-12-,16-15-,19-18-. The molecule has 0 saturated carbocycles. The Labute approximate surface area is 183 Å². The highest BCUT2D eigenvalue weighted by Crippen LogP contribution is 2.16. The van der Waals surface area contributed by atoms with Crippen molar-refractivity contribution >= 4 is 17.7 Å². The van der Waals surface area contributed by atoms with Gasteiger partial charge in [0.25, 0.3) is 0 Å². The minimum Gasteiger partial charge on any atom is -0.463 e. The highest BCUT2D eigenvalue weighted by Gasteiger charge is 2.18. The van der Waals surface area contributed by atoms with Crippen LogP contribution in [0.3, 0.4) is 0 Å². The van der Waals surface area contributed by atoms with E-state index in [1.54, 1.807) is 14.0 Å². The van der Waals surface area contributed by atoms with E-state index in [1.807, 2.05) is 0 Å². The number of thioether (sulfide) groups is 1. The molecule has 0 N–H and O–H groups in total. The Morgan fingerprint density at radius 2 is 1.31 bits per heavy atom. The normalized spacial score (nSPS) is 13.6. The third-order valence-electron chi connectivity index (χ3n) is 3.89. The number of carbonyl (C=O) groups is 1. The van der Waals surface area contributed by atoms with Gasteiger partial charge in [0.15, 0.2) is 5.44 Å². The fourth-order valence-corrected chi connectivity index (χ4v) is 3.29. The van der Waals surface area contributed by atoms with Crippen molar-refractivity contribution in [3.05, 3.63) is 60.8 Å². The summed E-state index contributed by atoms with van der Waals surface area (Å²) in [4.78, 5) is 11.6. The molecular weight excluding hydrogens is 380 g/mol. The Bertz CT molecular complexity index is 518. The molecule has 0 heterocycles. The van der Waals surface area contributed by atoms with Crippen molar-refractivity contribution in [3.63, 3.8) is 0 Å². The molecule has 164 valence electrons. The van der Waals surface area contributed by atoms with Gasteiger partial charge < -0.3 is 9.47 Å². The smallest absolute Gasteiger partial charge is 0.345 e.